The molecule has 0 bridgehead atoms. The van der Waals surface area contributed by atoms with Crippen LogP contribution in [0.5, 0.6) is 0 Å². The van der Waals surface area contributed by atoms with Gasteiger partial charge < -0.3 is 19.3 Å². The van der Waals surface area contributed by atoms with Gasteiger partial charge in [-0.25, -0.2) is 0 Å². The molecule has 0 saturated carbocycles. The average molecular weight is 174 g/mol. The van der Waals surface area contributed by atoms with Gasteiger partial charge in [0.25, 0.3) is 0 Å². The summed E-state index contributed by atoms with van der Waals surface area (Å²) in [6.07, 6.45) is -0.681. The van der Waals surface area contributed by atoms with Crippen LogP contribution in [0.4, 0.5) is 0 Å². The second-order valence-electron chi connectivity index (χ2n) is 3.16. The monoisotopic (exact) mass is 174 g/mol. The topological polar surface area (TPSA) is 47.9 Å². The molecule has 0 spiro atoms. The first-order valence-corrected chi connectivity index (χ1v) is 4.35. The summed E-state index contributed by atoms with van der Waals surface area (Å²) in [5.41, 5.74) is 0. The Morgan fingerprint density at radius 1 is 1.33 bits per heavy atom. The van der Waals surface area contributed by atoms with E-state index in [1.807, 2.05) is 6.92 Å². The maximum absolute atomic E-state index is 9.38. The smallest absolute Gasteiger partial charge is 0.115 e. The predicted octanol–water partition coefficient (Wildman–Crippen LogP) is -0.450. The summed E-state index contributed by atoms with van der Waals surface area (Å²) in [5, 5.41) is 9.38. The molecule has 4 nitrogen and oxygen atoms in total. The zero-order valence-corrected chi connectivity index (χ0v) is 7.10. The number of fused-ring (bicyclic) bond motifs is 1. The van der Waals surface area contributed by atoms with Gasteiger partial charge >= 0.3 is 0 Å². The quantitative estimate of drug-likeness (QED) is 0.616. The van der Waals surface area contributed by atoms with Crippen molar-refractivity contribution in [1.82, 2.24) is 0 Å². The molecule has 0 aliphatic carbocycles. The molecule has 4 atom stereocenters. The van der Waals surface area contributed by atoms with Crippen LogP contribution >= 0.6 is 0 Å². The van der Waals surface area contributed by atoms with Crippen LogP contribution in [0, 0.1) is 0 Å². The molecule has 0 aromatic carbocycles. The molecule has 2 aliphatic heterocycles. The molecule has 0 aromatic heterocycles. The molecule has 0 radical (unpaired) electrons. The molecular weight excluding hydrogens is 160 g/mol. The summed E-state index contributed by atoms with van der Waals surface area (Å²) in [5.74, 6) is 0. The molecule has 0 aromatic rings. The summed E-state index contributed by atoms with van der Waals surface area (Å²) in [4.78, 5) is 0. The lowest BCUT2D eigenvalue weighted by Crippen LogP contribution is -2.32. The third-order valence-corrected chi connectivity index (χ3v) is 2.36. The van der Waals surface area contributed by atoms with Crippen LogP contribution in [0.2, 0.25) is 0 Å². The van der Waals surface area contributed by atoms with Crippen LogP contribution in [0.15, 0.2) is 0 Å². The van der Waals surface area contributed by atoms with E-state index in [2.05, 4.69) is 0 Å². The zero-order valence-electron chi connectivity index (χ0n) is 7.10. The summed E-state index contributed by atoms with van der Waals surface area (Å²) >= 11 is 0. The maximum atomic E-state index is 9.38. The van der Waals surface area contributed by atoms with Crippen molar-refractivity contribution in [3.8, 4) is 0 Å². The van der Waals surface area contributed by atoms with E-state index in [0.29, 0.717) is 19.8 Å². The van der Waals surface area contributed by atoms with Crippen molar-refractivity contribution in [2.45, 2.75) is 31.3 Å². The molecule has 2 heterocycles. The third kappa shape index (κ3) is 1.25. The van der Waals surface area contributed by atoms with Gasteiger partial charge in [0, 0.05) is 6.61 Å². The highest BCUT2D eigenvalue weighted by Gasteiger charge is 2.47. The molecule has 2 rings (SSSR count). The van der Waals surface area contributed by atoms with E-state index in [-0.39, 0.29) is 18.3 Å². The van der Waals surface area contributed by atoms with Crippen molar-refractivity contribution in [1.29, 1.82) is 0 Å². The highest BCUT2D eigenvalue weighted by atomic mass is 16.6. The normalized spacial score (nSPS) is 46.5. The van der Waals surface area contributed by atoms with Gasteiger partial charge in [0.1, 0.15) is 24.4 Å². The summed E-state index contributed by atoms with van der Waals surface area (Å²) in [6, 6.07) is 0. The van der Waals surface area contributed by atoms with E-state index < -0.39 is 6.10 Å². The minimum Gasteiger partial charge on any atom is -0.388 e. The van der Waals surface area contributed by atoms with Crippen LogP contribution in [0.25, 0.3) is 0 Å². The van der Waals surface area contributed by atoms with E-state index in [4.69, 9.17) is 14.2 Å². The van der Waals surface area contributed by atoms with E-state index in [0.717, 1.165) is 0 Å². The number of aliphatic hydroxyl groups is 1. The van der Waals surface area contributed by atoms with Gasteiger partial charge in [-0.2, -0.15) is 0 Å². The Balaban J connectivity index is 1.96. The molecule has 0 amide bonds. The first kappa shape index (κ1) is 8.44. The van der Waals surface area contributed by atoms with Crippen LogP contribution in [0.1, 0.15) is 6.92 Å². The summed E-state index contributed by atoms with van der Waals surface area (Å²) in [7, 11) is 0. The fourth-order valence-corrected chi connectivity index (χ4v) is 1.80. The lowest BCUT2D eigenvalue weighted by Gasteiger charge is -2.14. The van der Waals surface area contributed by atoms with Gasteiger partial charge in [-0.1, -0.05) is 0 Å². The molecule has 2 saturated heterocycles. The van der Waals surface area contributed by atoms with Crippen molar-refractivity contribution < 1.29 is 19.3 Å². The second-order valence-corrected chi connectivity index (χ2v) is 3.16. The minimum absolute atomic E-state index is 0.0112. The predicted molar refractivity (Wildman–Crippen MR) is 40.9 cm³/mol. The number of rotatable bonds is 2. The highest BCUT2D eigenvalue weighted by Crippen LogP contribution is 2.28. The van der Waals surface area contributed by atoms with E-state index >= 15 is 0 Å². The van der Waals surface area contributed by atoms with E-state index in [9.17, 15) is 5.11 Å². The lowest BCUT2D eigenvalue weighted by atomic mass is 10.1. The molecular formula is C8H14O4. The Kier molecular flexibility index (Phi) is 2.32. The van der Waals surface area contributed by atoms with Gasteiger partial charge in [-0.05, 0) is 6.92 Å². The minimum atomic E-state index is -0.472. The van der Waals surface area contributed by atoms with Crippen LogP contribution in [-0.4, -0.2) is 49.3 Å². The summed E-state index contributed by atoms with van der Waals surface area (Å²) < 4.78 is 16.1. The van der Waals surface area contributed by atoms with Crippen molar-refractivity contribution in [3.05, 3.63) is 0 Å². The molecule has 4 heteroatoms. The molecule has 2 fully saturated rings. The van der Waals surface area contributed by atoms with E-state index in [1.54, 1.807) is 0 Å². The van der Waals surface area contributed by atoms with Gasteiger partial charge in [0.05, 0.1) is 13.2 Å². The molecule has 1 N–H and O–H groups in total. The van der Waals surface area contributed by atoms with Gasteiger partial charge in [-0.15, -0.1) is 0 Å². The first-order valence-electron chi connectivity index (χ1n) is 4.35. The largest absolute Gasteiger partial charge is 0.388 e. The number of hydrogen-bond donors (Lipinski definition) is 1. The number of hydrogen-bond acceptors (Lipinski definition) is 4. The van der Waals surface area contributed by atoms with E-state index in [1.165, 1.54) is 0 Å². The van der Waals surface area contributed by atoms with Crippen molar-refractivity contribution in [3.63, 3.8) is 0 Å². The Labute approximate surface area is 71.4 Å². The summed E-state index contributed by atoms with van der Waals surface area (Å²) in [6.45, 7) is 3.52. The Morgan fingerprint density at radius 2 is 2.08 bits per heavy atom. The molecule has 3 unspecified atom stereocenters. The molecule has 12 heavy (non-hydrogen) atoms. The number of aliphatic hydroxyl groups excluding tert-OH is 1. The highest BCUT2D eigenvalue weighted by molar-refractivity contribution is 4.94. The Hall–Kier alpha value is -0.160. The SMILES string of the molecule is CCOC1CO[C@H]2C(O)COC12. The molecule has 2 aliphatic rings. The van der Waals surface area contributed by atoms with Crippen LogP contribution in [-0.2, 0) is 14.2 Å². The van der Waals surface area contributed by atoms with Crippen molar-refractivity contribution in [2.24, 2.45) is 0 Å². The fourth-order valence-electron chi connectivity index (χ4n) is 1.80. The van der Waals surface area contributed by atoms with Crippen molar-refractivity contribution >= 4 is 0 Å². The lowest BCUT2D eigenvalue weighted by molar-refractivity contribution is -0.0327. The number of ether oxygens (including phenoxy) is 3. The molecule has 70 valence electrons. The zero-order chi connectivity index (χ0) is 8.55. The van der Waals surface area contributed by atoms with Gasteiger partial charge in [0.15, 0.2) is 0 Å². The Morgan fingerprint density at radius 3 is 2.83 bits per heavy atom. The van der Waals surface area contributed by atoms with Gasteiger partial charge in [-0.3, -0.25) is 0 Å². The second kappa shape index (κ2) is 3.30. The maximum Gasteiger partial charge on any atom is 0.115 e. The van der Waals surface area contributed by atoms with Crippen molar-refractivity contribution in [2.75, 3.05) is 19.8 Å². The fraction of sp³-hybridized carbons (Fsp3) is 1.00. The van der Waals surface area contributed by atoms with Crippen LogP contribution in [0.3, 0.4) is 0 Å². The Bertz CT molecular complexity index is 161. The standard InChI is InChI=1S/C8H14O4/c1-2-10-6-4-12-7-5(9)3-11-8(6)7/h5-9H,2-4H2,1H3/t5?,6?,7-,8?/m0/s1. The average Bonchev–Trinajstić information content (AvgIpc) is 2.58. The van der Waals surface area contributed by atoms with Gasteiger partial charge in [0.2, 0.25) is 0 Å². The first-order chi connectivity index (χ1) is 5.83. The van der Waals surface area contributed by atoms with Crippen LogP contribution < -0.4 is 0 Å². The third-order valence-electron chi connectivity index (χ3n) is 2.36.